The molecule has 7 heteroatoms. The number of aryl methyl sites for hydroxylation is 1. The average Bonchev–Trinajstić information content (AvgIpc) is 2.82. The summed E-state index contributed by atoms with van der Waals surface area (Å²) in [7, 11) is -3.64. The largest absolute Gasteiger partial charge is 0.392 e. The Morgan fingerprint density at radius 1 is 1.35 bits per heavy atom. The highest BCUT2D eigenvalue weighted by molar-refractivity contribution is 7.89. The SMILES string of the molecule is CCN(C1CCCCC1)S(=O)(=O)c1n[nH]c(C)c1CO. The summed E-state index contributed by atoms with van der Waals surface area (Å²) in [6.07, 6.45) is 5.14. The van der Waals surface area contributed by atoms with E-state index in [0.717, 1.165) is 25.7 Å². The van der Waals surface area contributed by atoms with Crippen LogP contribution in [-0.2, 0) is 16.6 Å². The molecule has 1 aromatic heterocycles. The number of H-pyrrole nitrogens is 1. The van der Waals surface area contributed by atoms with E-state index < -0.39 is 10.0 Å². The second kappa shape index (κ2) is 6.24. The third-order valence-corrected chi connectivity index (χ3v) is 6.04. The van der Waals surface area contributed by atoms with Crippen molar-refractivity contribution in [2.75, 3.05) is 6.54 Å². The van der Waals surface area contributed by atoms with Crippen molar-refractivity contribution in [2.24, 2.45) is 0 Å². The molecule has 20 heavy (non-hydrogen) atoms. The van der Waals surface area contributed by atoms with Gasteiger partial charge in [0.25, 0.3) is 10.0 Å². The van der Waals surface area contributed by atoms with Crippen LogP contribution in [0, 0.1) is 6.92 Å². The van der Waals surface area contributed by atoms with Crippen molar-refractivity contribution in [3.63, 3.8) is 0 Å². The number of nitrogens with zero attached hydrogens (tertiary/aromatic N) is 2. The molecule has 0 aromatic carbocycles. The Kier molecular flexibility index (Phi) is 4.82. The number of aromatic nitrogens is 2. The van der Waals surface area contributed by atoms with Gasteiger partial charge in [0.1, 0.15) is 0 Å². The summed E-state index contributed by atoms with van der Waals surface area (Å²) in [5.41, 5.74) is 0.977. The van der Waals surface area contributed by atoms with Crippen molar-refractivity contribution in [3.8, 4) is 0 Å². The van der Waals surface area contributed by atoms with Crippen LogP contribution < -0.4 is 0 Å². The van der Waals surface area contributed by atoms with Gasteiger partial charge in [-0.3, -0.25) is 5.10 Å². The minimum absolute atomic E-state index is 0.0232. The number of aliphatic hydroxyl groups excluding tert-OH is 1. The van der Waals surface area contributed by atoms with E-state index >= 15 is 0 Å². The van der Waals surface area contributed by atoms with Gasteiger partial charge in [-0.05, 0) is 19.8 Å². The minimum Gasteiger partial charge on any atom is -0.392 e. The molecule has 0 bridgehead atoms. The first-order valence-electron chi connectivity index (χ1n) is 7.19. The van der Waals surface area contributed by atoms with E-state index in [4.69, 9.17) is 0 Å². The number of rotatable bonds is 5. The van der Waals surface area contributed by atoms with Crippen molar-refractivity contribution in [2.45, 2.75) is 63.6 Å². The zero-order chi connectivity index (χ0) is 14.8. The van der Waals surface area contributed by atoms with Crippen LogP contribution in [0.1, 0.15) is 50.3 Å². The maximum Gasteiger partial charge on any atom is 0.262 e. The Balaban J connectivity index is 2.35. The molecule has 1 aromatic rings. The van der Waals surface area contributed by atoms with Crippen molar-refractivity contribution in [1.82, 2.24) is 14.5 Å². The van der Waals surface area contributed by atoms with Crippen molar-refractivity contribution < 1.29 is 13.5 Å². The number of hydrogen-bond acceptors (Lipinski definition) is 4. The first-order valence-corrected chi connectivity index (χ1v) is 8.63. The van der Waals surface area contributed by atoms with Crippen LogP contribution in [-0.4, -0.2) is 40.6 Å². The Labute approximate surface area is 120 Å². The molecule has 6 nitrogen and oxygen atoms in total. The highest BCUT2D eigenvalue weighted by Crippen LogP contribution is 2.28. The monoisotopic (exact) mass is 301 g/mol. The molecule has 1 fully saturated rings. The van der Waals surface area contributed by atoms with Gasteiger partial charge in [-0.15, -0.1) is 0 Å². The van der Waals surface area contributed by atoms with E-state index in [2.05, 4.69) is 10.2 Å². The van der Waals surface area contributed by atoms with E-state index in [9.17, 15) is 13.5 Å². The summed E-state index contributed by atoms with van der Waals surface area (Å²) in [4.78, 5) is 0. The van der Waals surface area contributed by atoms with Gasteiger partial charge in [0.2, 0.25) is 0 Å². The summed E-state index contributed by atoms with van der Waals surface area (Å²) in [5, 5.41) is 15.9. The molecule has 1 aliphatic carbocycles. The first-order chi connectivity index (χ1) is 9.52. The van der Waals surface area contributed by atoms with Crippen LogP contribution in [0.4, 0.5) is 0 Å². The normalized spacial score (nSPS) is 17.8. The third-order valence-electron chi connectivity index (χ3n) is 4.04. The van der Waals surface area contributed by atoms with Crippen molar-refractivity contribution >= 4 is 10.0 Å². The molecule has 2 N–H and O–H groups in total. The summed E-state index contributed by atoms with van der Waals surface area (Å²) in [5.74, 6) is 0. The second-order valence-corrected chi connectivity index (χ2v) is 7.10. The van der Waals surface area contributed by atoms with Crippen LogP contribution in [0.15, 0.2) is 5.03 Å². The lowest BCUT2D eigenvalue weighted by atomic mass is 9.95. The Hall–Kier alpha value is -0.920. The number of sulfonamides is 1. The lowest BCUT2D eigenvalue weighted by molar-refractivity contribution is 0.257. The molecular formula is C13H23N3O3S. The standard InChI is InChI=1S/C13H23N3O3S/c1-3-16(11-7-5-4-6-8-11)20(18,19)13-12(9-17)10(2)14-15-13/h11,17H,3-9H2,1-2H3,(H,14,15). The molecule has 0 aliphatic heterocycles. The fourth-order valence-corrected chi connectivity index (χ4v) is 4.79. The molecule has 114 valence electrons. The number of aliphatic hydroxyl groups is 1. The van der Waals surface area contributed by atoms with Crippen molar-refractivity contribution in [3.05, 3.63) is 11.3 Å². The summed E-state index contributed by atoms with van der Waals surface area (Å²) < 4.78 is 27.1. The van der Waals surface area contributed by atoms with Crippen LogP contribution in [0.2, 0.25) is 0 Å². The quantitative estimate of drug-likeness (QED) is 0.864. The van der Waals surface area contributed by atoms with Gasteiger partial charge in [-0.25, -0.2) is 8.42 Å². The van der Waals surface area contributed by atoms with E-state index in [1.54, 1.807) is 11.2 Å². The third kappa shape index (κ3) is 2.75. The predicted molar refractivity (Wildman–Crippen MR) is 75.7 cm³/mol. The van der Waals surface area contributed by atoms with E-state index in [1.807, 2.05) is 6.92 Å². The highest BCUT2D eigenvalue weighted by Gasteiger charge is 2.34. The van der Waals surface area contributed by atoms with Gasteiger partial charge < -0.3 is 5.11 Å². The summed E-state index contributed by atoms with van der Waals surface area (Å²) >= 11 is 0. The molecule has 1 heterocycles. The average molecular weight is 301 g/mol. The topological polar surface area (TPSA) is 86.3 Å². The smallest absolute Gasteiger partial charge is 0.262 e. The van der Waals surface area contributed by atoms with Crippen molar-refractivity contribution in [1.29, 1.82) is 0 Å². The fraction of sp³-hybridized carbons (Fsp3) is 0.769. The number of nitrogens with one attached hydrogen (secondary N) is 1. The second-order valence-electron chi connectivity index (χ2n) is 5.29. The lowest BCUT2D eigenvalue weighted by Gasteiger charge is -2.32. The van der Waals surface area contributed by atoms with Crippen LogP contribution in [0.3, 0.4) is 0 Å². The van der Waals surface area contributed by atoms with Gasteiger partial charge in [0.05, 0.1) is 6.61 Å². The molecule has 2 rings (SSSR count). The van der Waals surface area contributed by atoms with Crippen LogP contribution in [0.25, 0.3) is 0 Å². The molecule has 0 spiro atoms. The molecule has 0 radical (unpaired) electrons. The van der Waals surface area contributed by atoms with E-state index in [1.165, 1.54) is 6.42 Å². The first kappa shape index (κ1) is 15.5. The predicted octanol–water partition coefficient (Wildman–Crippen LogP) is 1.55. The summed E-state index contributed by atoms with van der Waals surface area (Å²) in [6, 6.07) is 0.0577. The lowest BCUT2D eigenvalue weighted by Crippen LogP contribution is -2.41. The Bertz CT molecular complexity index is 547. The number of aromatic amines is 1. The molecule has 1 aliphatic rings. The van der Waals surface area contributed by atoms with Gasteiger partial charge in [0.15, 0.2) is 5.03 Å². The molecule has 0 unspecified atom stereocenters. The molecule has 0 atom stereocenters. The zero-order valence-electron chi connectivity index (χ0n) is 12.1. The van der Waals surface area contributed by atoms with Crippen LogP contribution in [0.5, 0.6) is 0 Å². The molecule has 1 saturated carbocycles. The maximum absolute atomic E-state index is 12.8. The molecular weight excluding hydrogens is 278 g/mol. The minimum atomic E-state index is -3.64. The van der Waals surface area contributed by atoms with Gasteiger partial charge in [-0.1, -0.05) is 26.2 Å². The van der Waals surface area contributed by atoms with E-state index in [-0.39, 0.29) is 17.7 Å². The van der Waals surface area contributed by atoms with Gasteiger partial charge >= 0.3 is 0 Å². The maximum atomic E-state index is 12.8. The summed E-state index contributed by atoms with van der Waals surface area (Å²) in [6.45, 7) is 3.68. The Morgan fingerprint density at radius 2 is 2.00 bits per heavy atom. The van der Waals surface area contributed by atoms with Gasteiger partial charge in [0, 0.05) is 23.8 Å². The molecule has 0 saturated heterocycles. The van der Waals surface area contributed by atoms with E-state index in [0.29, 0.717) is 17.8 Å². The number of hydrogen-bond donors (Lipinski definition) is 2. The highest BCUT2D eigenvalue weighted by atomic mass is 32.2. The zero-order valence-corrected chi connectivity index (χ0v) is 12.9. The Morgan fingerprint density at radius 3 is 2.55 bits per heavy atom. The van der Waals surface area contributed by atoms with Gasteiger partial charge in [-0.2, -0.15) is 9.40 Å². The van der Waals surface area contributed by atoms with Crippen LogP contribution >= 0.6 is 0 Å². The molecule has 0 amide bonds. The fourth-order valence-electron chi connectivity index (χ4n) is 2.93.